The van der Waals surface area contributed by atoms with Crippen LogP contribution in [-0.4, -0.2) is 58.8 Å². The van der Waals surface area contributed by atoms with Crippen molar-refractivity contribution in [1.82, 2.24) is 9.88 Å². The van der Waals surface area contributed by atoms with Gasteiger partial charge in [0.1, 0.15) is 17.1 Å². The topological polar surface area (TPSA) is 100.0 Å². The molecule has 0 aliphatic rings. The number of aliphatic hydroxyl groups excluding tert-OH is 1. The number of nitrogens with zero attached hydrogens (tertiary/aromatic N) is 2. The maximum Gasteiger partial charge on any atom is 0.354 e. The number of benzene rings is 1. The molecule has 0 bridgehead atoms. The van der Waals surface area contributed by atoms with Crippen LogP contribution in [0.15, 0.2) is 36.4 Å². The maximum atomic E-state index is 12.4. The van der Waals surface area contributed by atoms with E-state index in [0.29, 0.717) is 29.1 Å². The zero-order chi connectivity index (χ0) is 18.4. The summed E-state index contributed by atoms with van der Waals surface area (Å²) in [4.78, 5) is 29.2. The molecule has 1 heterocycles. The molecular formula is C18H20N2O5. The van der Waals surface area contributed by atoms with Crippen LogP contribution in [0, 0.1) is 0 Å². The lowest BCUT2D eigenvalue weighted by Gasteiger charge is -2.19. The van der Waals surface area contributed by atoms with Gasteiger partial charge in [0.2, 0.25) is 0 Å². The Kier molecular flexibility index (Phi) is 6.08. The minimum atomic E-state index is -1.13. The lowest BCUT2D eigenvalue weighted by molar-refractivity contribution is 0.0689. The van der Waals surface area contributed by atoms with E-state index < -0.39 is 5.97 Å². The zero-order valence-electron chi connectivity index (χ0n) is 14.1. The number of pyridine rings is 1. The quantitative estimate of drug-likeness (QED) is 0.796. The summed E-state index contributed by atoms with van der Waals surface area (Å²) in [7, 11) is 1.48. The molecule has 25 heavy (non-hydrogen) atoms. The van der Waals surface area contributed by atoms with Gasteiger partial charge in [-0.25, -0.2) is 9.78 Å². The van der Waals surface area contributed by atoms with Gasteiger partial charge in [0.25, 0.3) is 5.91 Å². The lowest BCUT2D eigenvalue weighted by Crippen LogP contribution is -2.33. The number of rotatable bonds is 7. The molecule has 0 saturated carbocycles. The average molecular weight is 344 g/mol. The van der Waals surface area contributed by atoms with Crippen molar-refractivity contribution in [2.75, 3.05) is 26.8 Å². The highest BCUT2D eigenvalue weighted by molar-refractivity contribution is 5.95. The molecule has 2 aromatic rings. The first-order valence-electron chi connectivity index (χ1n) is 7.80. The molecule has 2 rings (SSSR count). The molecule has 0 radical (unpaired) electrons. The molecule has 0 spiro atoms. The van der Waals surface area contributed by atoms with Crippen LogP contribution in [0.3, 0.4) is 0 Å². The van der Waals surface area contributed by atoms with Gasteiger partial charge in [0, 0.05) is 24.2 Å². The van der Waals surface area contributed by atoms with Crippen LogP contribution in [0.2, 0.25) is 0 Å². The fourth-order valence-electron chi connectivity index (χ4n) is 2.41. The van der Waals surface area contributed by atoms with Crippen molar-refractivity contribution >= 4 is 11.9 Å². The molecule has 1 aromatic carbocycles. The third kappa shape index (κ3) is 4.13. The van der Waals surface area contributed by atoms with Crippen LogP contribution in [-0.2, 0) is 0 Å². The highest BCUT2D eigenvalue weighted by atomic mass is 16.5. The first kappa shape index (κ1) is 18.4. The molecule has 7 heteroatoms. The van der Waals surface area contributed by atoms with Gasteiger partial charge in [-0.15, -0.1) is 0 Å². The van der Waals surface area contributed by atoms with E-state index in [1.165, 1.54) is 13.2 Å². The highest BCUT2D eigenvalue weighted by Gasteiger charge is 2.16. The molecule has 0 saturated heterocycles. The van der Waals surface area contributed by atoms with Crippen molar-refractivity contribution in [1.29, 1.82) is 0 Å². The van der Waals surface area contributed by atoms with Gasteiger partial charge in [-0.3, -0.25) is 4.79 Å². The Labute approximate surface area is 145 Å². The number of hydrogen-bond acceptors (Lipinski definition) is 5. The van der Waals surface area contributed by atoms with E-state index in [0.717, 1.165) is 0 Å². The van der Waals surface area contributed by atoms with Crippen LogP contribution >= 0.6 is 0 Å². The number of amides is 1. The highest BCUT2D eigenvalue weighted by Crippen LogP contribution is 2.28. The SMILES string of the molecule is CCN(CCO)C(=O)c1ccc(-c2nc(C(=O)O)ccc2OC)cc1. The Morgan fingerprint density at radius 2 is 1.84 bits per heavy atom. The average Bonchev–Trinajstić information content (AvgIpc) is 2.65. The Morgan fingerprint density at radius 3 is 2.36 bits per heavy atom. The summed E-state index contributed by atoms with van der Waals surface area (Å²) in [6.45, 7) is 2.51. The van der Waals surface area contributed by atoms with Crippen LogP contribution in [0.5, 0.6) is 5.75 Å². The Morgan fingerprint density at radius 1 is 1.16 bits per heavy atom. The molecule has 0 fully saturated rings. The summed E-state index contributed by atoms with van der Waals surface area (Å²) in [6.07, 6.45) is 0. The third-order valence-electron chi connectivity index (χ3n) is 3.74. The number of carboxylic acids is 1. The smallest absolute Gasteiger partial charge is 0.354 e. The standard InChI is InChI=1S/C18H20N2O5/c1-3-20(10-11-21)17(22)13-6-4-12(5-7-13)16-15(25-2)9-8-14(19-16)18(23)24/h4-9,21H,3,10-11H2,1-2H3,(H,23,24). The molecule has 7 nitrogen and oxygen atoms in total. The van der Waals surface area contributed by atoms with E-state index in [9.17, 15) is 9.59 Å². The van der Waals surface area contributed by atoms with Crippen molar-refractivity contribution in [3.8, 4) is 17.0 Å². The van der Waals surface area contributed by atoms with Gasteiger partial charge in [-0.2, -0.15) is 0 Å². The maximum absolute atomic E-state index is 12.4. The molecular weight excluding hydrogens is 324 g/mol. The van der Waals surface area contributed by atoms with Gasteiger partial charge >= 0.3 is 5.97 Å². The summed E-state index contributed by atoms with van der Waals surface area (Å²) in [6, 6.07) is 9.59. The van der Waals surface area contributed by atoms with Crippen molar-refractivity contribution in [2.45, 2.75) is 6.92 Å². The number of methoxy groups -OCH3 is 1. The van der Waals surface area contributed by atoms with Crippen molar-refractivity contribution < 1.29 is 24.5 Å². The monoisotopic (exact) mass is 344 g/mol. The largest absolute Gasteiger partial charge is 0.494 e. The second kappa shape index (κ2) is 8.25. The van der Waals surface area contributed by atoms with E-state index in [1.807, 2.05) is 6.92 Å². The minimum absolute atomic E-state index is 0.0870. The third-order valence-corrected chi connectivity index (χ3v) is 3.74. The zero-order valence-corrected chi connectivity index (χ0v) is 14.1. The molecule has 132 valence electrons. The predicted molar refractivity (Wildman–Crippen MR) is 91.8 cm³/mol. The fraction of sp³-hybridized carbons (Fsp3) is 0.278. The Balaban J connectivity index is 2.35. The molecule has 2 N–H and O–H groups in total. The van der Waals surface area contributed by atoms with Crippen molar-refractivity contribution in [2.24, 2.45) is 0 Å². The second-order valence-corrected chi connectivity index (χ2v) is 5.24. The van der Waals surface area contributed by atoms with Crippen LogP contribution in [0.4, 0.5) is 0 Å². The first-order chi connectivity index (χ1) is 12.0. The van der Waals surface area contributed by atoms with Crippen LogP contribution < -0.4 is 4.74 Å². The number of hydrogen-bond donors (Lipinski definition) is 2. The molecule has 0 aliphatic heterocycles. The van der Waals surface area contributed by atoms with Gasteiger partial charge in [0.15, 0.2) is 0 Å². The van der Waals surface area contributed by atoms with Crippen molar-refractivity contribution in [3.63, 3.8) is 0 Å². The minimum Gasteiger partial charge on any atom is -0.494 e. The predicted octanol–water partition coefficient (Wildman–Crippen LogP) is 1.91. The number of aliphatic hydroxyl groups is 1. The summed E-state index contributed by atoms with van der Waals surface area (Å²) in [5.41, 5.74) is 1.43. The molecule has 0 atom stereocenters. The summed E-state index contributed by atoms with van der Waals surface area (Å²) in [5, 5.41) is 18.1. The number of ether oxygens (including phenoxy) is 1. The molecule has 1 aromatic heterocycles. The number of carbonyl (C=O) groups excluding carboxylic acids is 1. The van der Waals surface area contributed by atoms with Crippen LogP contribution in [0.25, 0.3) is 11.3 Å². The van der Waals surface area contributed by atoms with Gasteiger partial charge < -0.3 is 19.8 Å². The number of likely N-dealkylation sites (N-methyl/N-ethyl adjacent to an activating group) is 1. The number of carbonyl (C=O) groups is 2. The summed E-state index contributed by atoms with van der Waals surface area (Å²) in [5.74, 6) is -0.861. The number of aromatic carboxylic acids is 1. The summed E-state index contributed by atoms with van der Waals surface area (Å²) < 4.78 is 5.24. The van der Waals surface area contributed by atoms with Crippen LogP contribution in [0.1, 0.15) is 27.8 Å². The fourth-order valence-corrected chi connectivity index (χ4v) is 2.41. The molecule has 0 aliphatic carbocycles. The Bertz CT molecular complexity index is 759. The Hall–Kier alpha value is -2.93. The van der Waals surface area contributed by atoms with E-state index in [2.05, 4.69) is 4.98 Å². The van der Waals surface area contributed by atoms with E-state index in [1.54, 1.807) is 35.2 Å². The van der Waals surface area contributed by atoms with Gasteiger partial charge in [-0.05, 0) is 31.2 Å². The summed E-state index contributed by atoms with van der Waals surface area (Å²) >= 11 is 0. The van der Waals surface area contributed by atoms with E-state index in [-0.39, 0.29) is 24.8 Å². The second-order valence-electron chi connectivity index (χ2n) is 5.24. The molecule has 0 unspecified atom stereocenters. The van der Waals surface area contributed by atoms with E-state index in [4.69, 9.17) is 14.9 Å². The first-order valence-corrected chi connectivity index (χ1v) is 7.80. The van der Waals surface area contributed by atoms with E-state index >= 15 is 0 Å². The van der Waals surface area contributed by atoms with Gasteiger partial charge in [-0.1, -0.05) is 12.1 Å². The number of carboxylic acid groups (broad SMARTS) is 1. The van der Waals surface area contributed by atoms with Gasteiger partial charge in [0.05, 0.1) is 13.7 Å². The molecule has 1 amide bonds. The van der Waals surface area contributed by atoms with Crippen molar-refractivity contribution in [3.05, 3.63) is 47.7 Å². The number of aromatic nitrogens is 1. The normalized spacial score (nSPS) is 10.4. The lowest BCUT2D eigenvalue weighted by atomic mass is 10.1.